The third kappa shape index (κ3) is 6.33. The molecule has 1 unspecified atom stereocenters. The summed E-state index contributed by atoms with van der Waals surface area (Å²) in [5, 5.41) is 3.06. The first-order valence-corrected chi connectivity index (χ1v) is 6.53. The Morgan fingerprint density at radius 3 is 2.56 bits per heavy atom. The molecule has 1 N–H and O–H groups in total. The fourth-order valence-corrected chi connectivity index (χ4v) is 1.62. The van der Waals surface area contributed by atoms with Gasteiger partial charge >= 0.3 is 5.97 Å². The number of ether oxygens (including phenoxy) is 2. The van der Waals surface area contributed by atoms with Crippen LogP contribution in [0.1, 0.15) is 26.7 Å². The van der Waals surface area contributed by atoms with Crippen LogP contribution in [0, 0.1) is 0 Å². The maximum atomic E-state index is 11.8. The molecule has 0 bridgehead atoms. The minimum atomic E-state index is -0.606. The maximum absolute atomic E-state index is 11.8. The van der Waals surface area contributed by atoms with E-state index in [4.69, 9.17) is 9.47 Å². The van der Waals surface area contributed by atoms with E-state index in [1.165, 1.54) is 0 Å². The molecule has 108 valence electrons. The average Bonchev–Trinajstić information content (AvgIpc) is 2.36. The number of methoxy groups -OCH3 is 1. The minimum Gasteiger partial charge on any atom is -0.465 e. The van der Waals surface area contributed by atoms with Crippen molar-refractivity contribution in [2.24, 2.45) is 0 Å². The number of carbonyl (C=O) groups is 1. The van der Waals surface area contributed by atoms with Crippen molar-refractivity contribution < 1.29 is 14.3 Å². The van der Waals surface area contributed by atoms with Gasteiger partial charge in [-0.25, -0.2) is 0 Å². The number of hydrogen-bond acceptors (Lipinski definition) is 5. The molecule has 0 spiro atoms. The lowest BCUT2D eigenvalue weighted by atomic mass is 9.98. The Labute approximate surface area is 111 Å². The molecule has 5 nitrogen and oxygen atoms in total. The van der Waals surface area contributed by atoms with Gasteiger partial charge in [-0.15, -0.1) is 0 Å². The van der Waals surface area contributed by atoms with Crippen molar-refractivity contribution in [3.63, 3.8) is 0 Å². The molecule has 0 aromatic heterocycles. The van der Waals surface area contributed by atoms with Gasteiger partial charge in [-0.1, -0.05) is 0 Å². The molecule has 0 aromatic rings. The van der Waals surface area contributed by atoms with Crippen LogP contribution in [0.4, 0.5) is 0 Å². The van der Waals surface area contributed by atoms with E-state index < -0.39 is 5.54 Å². The van der Waals surface area contributed by atoms with E-state index in [1.807, 2.05) is 13.8 Å². The minimum absolute atomic E-state index is 0.183. The molecule has 0 aliphatic rings. The highest BCUT2D eigenvalue weighted by molar-refractivity contribution is 5.80. The van der Waals surface area contributed by atoms with Gasteiger partial charge in [0.1, 0.15) is 5.54 Å². The van der Waals surface area contributed by atoms with E-state index in [-0.39, 0.29) is 5.97 Å². The number of esters is 1. The van der Waals surface area contributed by atoms with Crippen LogP contribution in [0.2, 0.25) is 0 Å². The number of nitrogens with zero attached hydrogens (tertiary/aromatic N) is 1. The molecule has 0 radical (unpaired) electrons. The quantitative estimate of drug-likeness (QED) is 0.467. The van der Waals surface area contributed by atoms with Crippen LogP contribution >= 0.6 is 0 Å². The summed E-state index contributed by atoms with van der Waals surface area (Å²) in [6.45, 7) is 6.71. The molecule has 1 atom stereocenters. The Kier molecular flexibility index (Phi) is 8.97. The molecule has 0 aromatic carbocycles. The van der Waals surface area contributed by atoms with E-state index in [0.29, 0.717) is 6.61 Å². The molecule has 18 heavy (non-hydrogen) atoms. The van der Waals surface area contributed by atoms with Crippen molar-refractivity contribution in [3.8, 4) is 0 Å². The monoisotopic (exact) mass is 260 g/mol. The van der Waals surface area contributed by atoms with Crippen molar-refractivity contribution >= 4 is 5.97 Å². The lowest BCUT2D eigenvalue weighted by Crippen LogP contribution is -2.50. The normalized spacial score (nSPS) is 14.6. The van der Waals surface area contributed by atoms with Crippen LogP contribution in [0.5, 0.6) is 0 Å². The highest BCUT2D eigenvalue weighted by atomic mass is 16.5. The van der Waals surface area contributed by atoms with Crippen molar-refractivity contribution in [2.75, 3.05) is 47.5 Å². The largest absolute Gasteiger partial charge is 0.465 e. The molecule has 5 heteroatoms. The summed E-state index contributed by atoms with van der Waals surface area (Å²) in [4.78, 5) is 14.0. The van der Waals surface area contributed by atoms with E-state index in [1.54, 1.807) is 14.2 Å². The van der Waals surface area contributed by atoms with Gasteiger partial charge in [-0.3, -0.25) is 4.79 Å². The topological polar surface area (TPSA) is 50.8 Å². The van der Waals surface area contributed by atoms with Gasteiger partial charge in [0.25, 0.3) is 0 Å². The second-order valence-electron chi connectivity index (χ2n) is 4.70. The van der Waals surface area contributed by atoms with E-state index in [0.717, 1.165) is 32.5 Å². The van der Waals surface area contributed by atoms with Gasteiger partial charge in [0.2, 0.25) is 0 Å². The fraction of sp³-hybridized carbons (Fsp3) is 0.923. The average molecular weight is 260 g/mol. The zero-order chi connectivity index (χ0) is 14.0. The Bertz CT molecular complexity index is 236. The van der Waals surface area contributed by atoms with E-state index >= 15 is 0 Å². The Hall–Kier alpha value is -0.650. The second-order valence-corrected chi connectivity index (χ2v) is 4.70. The van der Waals surface area contributed by atoms with E-state index in [9.17, 15) is 4.79 Å². The fourth-order valence-electron chi connectivity index (χ4n) is 1.62. The molecule has 0 amide bonds. The summed E-state index contributed by atoms with van der Waals surface area (Å²) in [6, 6.07) is 0. The van der Waals surface area contributed by atoms with Crippen molar-refractivity contribution in [1.29, 1.82) is 0 Å². The van der Waals surface area contributed by atoms with E-state index in [2.05, 4.69) is 17.3 Å². The lowest BCUT2D eigenvalue weighted by molar-refractivity contribution is -0.150. The Morgan fingerprint density at radius 1 is 1.39 bits per heavy atom. The number of rotatable bonds is 10. The predicted octanol–water partition coefficient (Wildman–Crippen LogP) is 0.886. The molecule has 0 saturated carbocycles. The lowest BCUT2D eigenvalue weighted by Gasteiger charge is -2.29. The van der Waals surface area contributed by atoms with Crippen molar-refractivity contribution in [3.05, 3.63) is 0 Å². The third-order valence-corrected chi connectivity index (χ3v) is 3.16. The highest BCUT2D eigenvalue weighted by Crippen LogP contribution is 2.12. The van der Waals surface area contributed by atoms with Crippen LogP contribution in [0.15, 0.2) is 0 Å². The number of nitrogens with one attached hydrogen (secondary N) is 1. The van der Waals surface area contributed by atoms with Crippen molar-refractivity contribution in [1.82, 2.24) is 10.2 Å². The molecule has 0 aliphatic carbocycles. The second kappa shape index (κ2) is 9.30. The van der Waals surface area contributed by atoms with Crippen LogP contribution in [0.3, 0.4) is 0 Å². The SMILES string of the molecule is CCOC(=O)C(C)(CCN(C)CCCOC)NC. The van der Waals surface area contributed by atoms with Crippen LogP contribution < -0.4 is 5.32 Å². The van der Waals surface area contributed by atoms with Gasteiger partial charge in [-0.05, 0) is 40.8 Å². The summed E-state index contributed by atoms with van der Waals surface area (Å²) in [5.74, 6) is -0.183. The molecular weight excluding hydrogens is 232 g/mol. The first kappa shape index (κ1) is 17.4. The third-order valence-electron chi connectivity index (χ3n) is 3.16. The van der Waals surface area contributed by atoms with Crippen LogP contribution in [-0.2, 0) is 14.3 Å². The molecule has 0 fully saturated rings. The zero-order valence-electron chi connectivity index (χ0n) is 12.4. The van der Waals surface area contributed by atoms with Crippen molar-refractivity contribution in [2.45, 2.75) is 32.2 Å². The first-order chi connectivity index (χ1) is 8.50. The molecule has 0 aliphatic heterocycles. The first-order valence-electron chi connectivity index (χ1n) is 6.53. The number of carbonyl (C=O) groups excluding carboxylic acids is 1. The highest BCUT2D eigenvalue weighted by Gasteiger charge is 2.32. The summed E-state index contributed by atoms with van der Waals surface area (Å²) in [6.07, 6.45) is 1.73. The molecule has 0 heterocycles. The van der Waals surface area contributed by atoms with Crippen LogP contribution in [-0.4, -0.2) is 63.9 Å². The van der Waals surface area contributed by atoms with Gasteiger partial charge in [-0.2, -0.15) is 0 Å². The summed E-state index contributed by atoms with van der Waals surface area (Å²) in [7, 11) is 5.55. The zero-order valence-corrected chi connectivity index (χ0v) is 12.4. The maximum Gasteiger partial charge on any atom is 0.326 e. The smallest absolute Gasteiger partial charge is 0.326 e. The number of likely N-dealkylation sites (N-methyl/N-ethyl adjacent to an activating group) is 1. The number of hydrogen-bond donors (Lipinski definition) is 1. The summed E-state index contributed by atoms with van der Waals surface area (Å²) < 4.78 is 10.1. The van der Waals surface area contributed by atoms with Gasteiger partial charge in [0.05, 0.1) is 6.61 Å². The predicted molar refractivity (Wildman–Crippen MR) is 72.7 cm³/mol. The molecular formula is C13H28N2O3. The Morgan fingerprint density at radius 2 is 2.06 bits per heavy atom. The summed E-state index contributed by atoms with van der Waals surface area (Å²) >= 11 is 0. The van der Waals surface area contributed by atoms with Gasteiger partial charge in [0, 0.05) is 26.8 Å². The van der Waals surface area contributed by atoms with Gasteiger partial charge < -0.3 is 19.7 Å². The molecule has 0 rings (SSSR count). The van der Waals surface area contributed by atoms with Crippen LogP contribution in [0.25, 0.3) is 0 Å². The Balaban J connectivity index is 4.08. The molecule has 0 saturated heterocycles. The standard InChI is InChI=1S/C13H28N2O3/c1-6-18-12(16)13(2,14-3)8-10-15(4)9-7-11-17-5/h14H,6-11H2,1-5H3. The summed E-state index contributed by atoms with van der Waals surface area (Å²) in [5.41, 5.74) is -0.606. The van der Waals surface area contributed by atoms with Gasteiger partial charge in [0.15, 0.2) is 0 Å².